The molecule has 1 aliphatic rings. The van der Waals surface area contributed by atoms with Gasteiger partial charge >= 0.3 is 0 Å². The molecule has 0 radical (unpaired) electrons. The Morgan fingerprint density at radius 1 is 1.42 bits per heavy atom. The van der Waals surface area contributed by atoms with Crippen molar-refractivity contribution in [3.8, 4) is 0 Å². The molecule has 1 aliphatic heterocycles. The van der Waals surface area contributed by atoms with E-state index in [4.69, 9.17) is 4.74 Å². The molecule has 70 valence electrons. The summed E-state index contributed by atoms with van der Waals surface area (Å²) in [7, 11) is 1.34. The van der Waals surface area contributed by atoms with E-state index in [1.54, 1.807) is 0 Å². The lowest BCUT2D eigenvalue weighted by atomic mass is 10.1. The molecule has 0 saturated carbocycles. The zero-order valence-corrected chi connectivity index (χ0v) is 6.93. The molecule has 0 bridgehead atoms. The van der Waals surface area contributed by atoms with E-state index >= 15 is 0 Å². The normalized spacial score (nSPS) is 41.7. The topological polar surface area (TPSA) is 76.0 Å². The van der Waals surface area contributed by atoms with E-state index in [1.165, 1.54) is 14.0 Å². The highest BCUT2D eigenvalue weighted by Gasteiger charge is 2.45. The highest BCUT2D eigenvalue weighted by molar-refractivity contribution is 5.81. The Hall–Kier alpha value is -0.490. The van der Waals surface area contributed by atoms with E-state index in [2.05, 4.69) is 4.74 Å². The van der Waals surface area contributed by atoms with Crippen LogP contribution in [0, 0.1) is 0 Å². The summed E-state index contributed by atoms with van der Waals surface area (Å²) >= 11 is 0. The first-order valence-corrected chi connectivity index (χ1v) is 3.62. The van der Waals surface area contributed by atoms with Crippen LogP contribution < -0.4 is 0 Å². The summed E-state index contributed by atoms with van der Waals surface area (Å²) in [6, 6.07) is 0. The third-order valence-corrected chi connectivity index (χ3v) is 1.85. The summed E-state index contributed by atoms with van der Waals surface area (Å²) in [6.45, 7) is 1.29. The molecule has 5 heteroatoms. The minimum atomic E-state index is -1.19. The number of ether oxygens (including phenoxy) is 2. The molecule has 1 rings (SSSR count). The zero-order chi connectivity index (χ0) is 9.30. The summed E-state index contributed by atoms with van der Waals surface area (Å²) in [5.74, 6) is -0.318. The number of rotatable bonds is 2. The van der Waals surface area contributed by atoms with Gasteiger partial charge in [0.25, 0.3) is 0 Å². The molecule has 0 aromatic heterocycles. The van der Waals surface area contributed by atoms with Crippen LogP contribution in [0.5, 0.6) is 0 Å². The predicted octanol–water partition coefficient (Wildman–Crippen LogP) is -1.33. The van der Waals surface area contributed by atoms with Crippen LogP contribution in [0.15, 0.2) is 0 Å². The Bertz CT molecular complexity index is 181. The molecule has 5 nitrogen and oxygen atoms in total. The minimum absolute atomic E-state index is 0.318. The molecule has 1 unspecified atom stereocenters. The molecular weight excluding hydrogens is 164 g/mol. The second kappa shape index (κ2) is 3.49. The average molecular weight is 176 g/mol. The van der Waals surface area contributed by atoms with E-state index in [0.717, 1.165) is 0 Å². The summed E-state index contributed by atoms with van der Waals surface area (Å²) in [6.07, 6.45) is -4.21. The molecule has 12 heavy (non-hydrogen) atoms. The molecule has 2 N–H and O–H groups in total. The van der Waals surface area contributed by atoms with Crippen molar-refractivity contribution in [2.45, 2.75) is 31.5 Å². The third kappa shape index (κ3) is 1.49. The van der Waals surface area contributed by atoms with Crippen molar-refractivity contribution in [1.29, 1.82) is 0 Å². The van der Waals surface area contributed by atoms with Gasteiger partial charge in [-0.1, -0.05) is 0 Å². The van der Waals surface area contributed by atoms with E-state index < -0.39 is 24.6 Å². The number of hydrogen-bond acceptors (Lipinski definition) is 5. The second-order valence-corrected chi connectivity index (χ2v) is 2.75. The number of aliphatic hydroxyl groups excluding tert-OH is 2. The Balaban J connectivity index is 2.66. The van der Waals surface area contributed by atoms with Crippen molar-refractivity contribution in [2.75, 3.05) is 7.11 Å². The third-order valence-electron chi connectivity index (χ3n) is 1.85. The Morgan fingerprint density at radius 2 is 2.00 bits per heavy atom. The van der Waals surface area contributed by atoms with Crippen molar-refractivity contribution in [3.05, 3.63) is 0 Å². The van der Waals surface area contributed by atoms with Gasteiger partial charge in [0.15, 0.2) is 12.1 Å². The van der Waals surface area contributed by atoms with Gasteiger partial charge in [0.1, 0.15) is 18.3 Å². The van der Waals surface area contributed by atoms with Crippen molar-refractivity contribution >= 4 is 5.78 Å². The van der Waals surface area contributed by atoms with Crippen LogP contribution in [0.4, 0.5) is 0 Å². The lowest BCUT2D eigenvalue weighted by molar-refractivity contribution is -0.158. The van der Waals surface area contributed by atoms with Crippen molar-refractivity contribution in [3.63, 3.8) is 0 Å². The predicted molar refractivity (Wildman–Crippen MR) is 38.4 cm³/mol. The Kier molecular flexibility index (Phi) is 2.79. The van der Waals surface area contributed by atoms with E-state index in [-0.39, 0.29) is 5.78 Å². The van der Waals surface area contributed by atoms with E-state index in [9.17, 15) is 15.0 Å². The first kappa shape index (κ1) is 9.60. The molecule has 0 aromatic carbocycles. The monoisotopic (exact) mass is 176 g/mol. The molecule has 1 heterocycles. The fourth-order valence-corrected chi connectivity index (χ4v) is 1.18. The van der Waals surface area contributed by atoms with Gasteiger partial charge in [-0.15, -0.1) is 0 Å². The van der Waals surface area contributed by atoms with Crippen LogP contribution in [-0.4, -0.2) is 47.7 Å². The molecule has 1 saturated heterocycles. The molecule has 0 aliphatic carbocycles. The fourth-order valence-electron chi connectivity index (χ4n) is 1.18. The van der Waals surface area contributed by atoms with E-state index in [1.807, 2.05) is 0 Å². The number of hydrogen-bond donors (Lipinski definition) is 2. The maximum absolute atomic E-state index is 10.8. The summed E-state index contributed by atoms with van der Waals surface area (Å²) in [4.78, 5) is 10.8. The van der Waals surface area contributed by atoms with Gasteiger partial charge in [-0.05, 0) is 6.92 Å². The number of methoxy groups -OCH3 is 1. The zero-order valence-electron chi connectivity index (χ0n) is 6.93. The number of Topliss-reactive ketones (excluding diaryl/α,β-unsaturated/α-hetero) is 1. The molecule has 4 atom stereocenters. The lowest BCUT2D eigenvalue weighted by Crippen LogP contribution is -2.35. The maximum Gasteiger partial charge on any atom is 0.186 e. The van der Waals surface area contributed by atoms with Gasteiger partial charge in [-0.3, -0.25) is 4.79 Å². The number of carbonyl (C=O) groups excluding carboxylic acids is 1. The first-order chi connectivity index (χ1) is 5.57. The van der Waals surface area contributed by atoms with Crippen LogP contribution in [0.3, 0.4) is 0 Å². The summed E-state index contributed by atoms with van der Waals surface area (Å²) in [5.41, 5.74) is 0. The number of aliphatic hydroxyl groups is 2. The van der Waals surface area contributed by atoms with Crippen LogP contribution in [-0.2, 0) is 14.3 Å². The number of ketones is 1. The number of carbonyl (C=O) groups is 1. The van der Waals surface area contributed by atoms with Crippen LogP contribution in [0.1, 0.15) is 6.92 Å². The van der Waals surface area contributed by atoms with Gasteiger partial charge in [-0.2, -0.15) is 0 Å². The quantitative estimate of drug-likeness (QED) is 0.545. The van der Waals surface area contributed by atoms with Crippen molar-refractivity contribution in [1.82, 2.24) is 0 Å². The molecule has 0 aromatic rings. The smallest absolute Gasteiger partial charge is 0.186 e. The van der Waals surface area contributed by atoms with E-state index in [0.29, 0.717) is 0 Å². The van der Waals surface area contributed by atoms with Gasteiger partial charge in [0, 0.05) is 7.11 Å². The molecular formula is C7H12O5. The van der Waals surface area contributed by atoms with Gasteiger partial charge in [-0.25, -0.2) is 0 Å². The van der Waals surface area contributed by atoms with Crippen molar-refractivity contribution in [2.24, 2.45) is 0 Å². The SMILES string of the molecule is COC1O[C@H](C(C)=O)[C@H](O)[C@H]1O. The maximum atomic E-state index is 10.8. The molecule has 1 fully saturated rings. The van der Waals surface area contributed by atoms with Gasteiger partial charge in [0.05, 0.1) is 0 Å². The van der Waals surface area contributed by atoms with Crippen molar-refractivity contribution < 1.29 is 24.5 Å². The molecule has 0 amide bonds. The van der Waals surface area contributed by atoms with Gasteiger partial charge in [0.2, 0.25) is 0 Å². The largest absolute Gasteiger partial charge is 0.387 e. The standard InChI is InChI=1S/C7H12O5/c1-3(8)6-4(9)5(10)7(11-2)12-6/h4-7,9-10H,1-2H3/t4-,5-,6-,7?/m1/s1. The second-order valence-electron chi connectivity index (χ2n) is 2.75. The highest BCUT2D eigenvalue weighted by atomic mass is 16.7. The Morgan fingerprint density at radius 3 is 2.25 bits per heavy atom. The van der Waals surface area contributed by atoms with Crippen LogP contribution in [0.25, 0.3) is 0 Å². The molecule has 0 spiro atoms. The van der Waals surface area contributed by atoms with Crippen LogP contribution >= 0.6 is 0 Å². The summed E-state index contributed by atoms with van der Waals surface area (Å²) < 4.78 is 9.61. The Labute approximate surface area is 69.9 Å². The minimum Gasteiger partial charge on any atom is -0.387 e. The highest BCUT2D eigenvalue weighted by Crippen LogP contribution is 2.21. The van der Waals surface area contributed by atoms with Crippen LogP contribution in [0.2, 0.25) is 0 Å². The average Bonchev–Trinajstić information content (AvgIpc) is 2.30. The lowest BCUT2D eigenvalue weighted by Gasteiger charge is -2.11. The fraction of sp³-hybridized carbons (Fsp3) is 0.857. The van der Waals surface area contributed by atoms with Gasteiger partial charge < -0.3 is 19.7 Å². The first-order valence-electron chi connectivity index (χ1n) is 3.62. The summed E-state index contributed by atoms with van der Waals surface area (Å²) in [5, 5.41) is 18.5.